The zero-order chi connectivity index (χ0) is 14.6. The largest absolute Gasteiger partial charge is 0.300 e. The quantitative estimate of drug-likeness (QED) is 0.901. The first-order valence-corrected chi connectivity index (χ1v) is 8.37. The van der Waals surface area contributed by atoms with Gasteiger partial charge in [0.2, 0.25) is 0 Å². The van der Waals surface area contributed by atoms with Gasteiger partial charge in [0.15, 0.2) is 0 Å². The number of nitriles is 1. The van der Waals surface area contributed by atoms with Gasteiger partial charge < -0.3 is 0 Å². The summed E-state index contributed by atoms with van der Waals surface area (Å²) in [7, 11) is 0. The fourth-order valence-electron chi connectivity index (χ4n) is 3.08. The third-order valence-electron chi connectivity index (χ3n) is 4.06. The summed E-state index contributed by atoms with van der Waals surface area (Å²) in [6.45, 7) is 7.27. The maximum atomic E-state index is 9.53. The van der Waals surface area contributed by atoms with E-state index in [0.29, 0.717) is 5.25 Å². The van der Waals surface area contributed by atoms with Gasteiger partial charge in [0.25, 0.3) is 0 Å². The van der Waals surface area contributed by atoms with Crippen LogP contribution < -0.4 is 5.32 Å². The fourth-order valence-corrected chi connectivity index (χ4v) is 4.48. The first kappa shape index (κ1) is 15.4. The molecule has 1 aromatic carbocycles. The van der Waals surface area contributed by atoms with Gasteiger partial charge in [0.1, 0.15) is 5.54 Å². The lowest BCUT2D eigenvalue weighted by Gasteiger charge is -2.36. The molecule has 0 aromatic heterocycles. The molecule has 2 atom stereocenters. The topological polar surface area (TPSA) is 35.8 Å². The van der Waals surface area contributed by atoms with Crippen LogP contribution in [0.2, 0.25) is 0 Å². The van der Waals surface area contributed by atoms with Crippen LogP contribution in [-0.2, 0) is 0 Å². The van der Waals surface area contributed by atoms with Crippen molar-refractivity contribution in [3.05, 3.63) is 29.3 Å². The molecule has 2 rings (SSSR count). The molecule has 0 heterocycles. The van der Waals surface area contributed by atoms with Crippen LogP contribution in [0.3, 0.4) is 0 Å². The third-order valence-corrected chi connectivity index (χ3v) is 5.51. The van der Waals surface area contributed by atoms with Gasteiger partial charge in [-0.2, -0.15) is 5.26 Å². The Labute approximate surface area is 127 Å². The zero-order valence-corrected chi connectivity index (χ0v) is 13.5. The lowest BCUT2D eigenvalue weighted by Crippen LogP contribution is -2.48. The van der Waals surface area contributed by atoms with E-state index >= 15 is 0 Å². The molecule has 2 nitrogen and oxygen atoms in total. The summed E-state index contributed by atoms with van der Waals surface area (Å²) in [4.78, 5) is 1.37. The molecule has 1 fully saturated rings. The van der Waals surface area contributed by atoms with Crippen molar-refractivity contribution in [2.75, 3.05) is 6.54 Å². The molecule has 0 amide bonds. The van der Waals surface area contributed by atoms with Crippen LogP contribution in [0.25, 0.3) is 0 Å². The highest BCUT2D eigenvalue weighted by Crippen LogP contribution is 2.39. The smallest absolute Gasteiger partial charge is 0.107 e. The van der Waals surface area contributed by atoms with Crippen LogP contribution in [0.1, 0.15) is 43.7 Å². The molecule has 1 aliphatic carbocycles. The van der Waals surface area contributed by atoms with E-state index < -0.39 is 0 Å². The summed E-state index contributed by atoms with van der Waals surface area (Å²) in [6, 6.07) is 9.18. The Morgan fingerprint density at radius 1 is 1.45 bits per heavy atom. The predicted molar refractivity (Wildman–Crippen MR) is 86.0 cm³/mol. The van der Waals surface area contributed by atoms with Crippen LogP contribution in [0, 0.1) is 25.2 Å². The molecule has 1 aromatic rings. The molecule has 20 heavy (non-hydrogen) atoms. The molecule has 108 valence electrons. The molecule has 1 saturated carbocycles. The minimum Gasteiger partial charge on any atom is -0.300 e. The SMILES string of the molecule is CCNC1(C#N)CCCC(Sc2ccc(C)cc2C)C1. The van der Waals surface area contributed by atoms with Gasteiger partial charge in [0.05, 0.1) is 6.07 Å². The van der Waals surface area contributed by atoms with Gasteiger partial charge in [-0.05, 0) is 57.7 Å². The highest BCUT2D eigenvalue weighted by Gasteiger charge is 2.36. The monoisotopic (exact) mass is 288 g/mol. The molecule has 1 aliphatic rings. The number of nitrogens with zero attached hydrogens (tertiary/aromatic N) is 1. The van der Waals surface area contributed by atoms with Crippen molar-refractivity contribution in [3.8, 4) is 6.07 Å². The average Bonchev–Trinajstić information content (AvgIpc) is 2.43. The van der Waals surface area contributed by atoms with Crippen molar-refractivity contribution >= 4 is 11.8 Å². The van der Waals surface area contributed by atoms with Crippen LogP contribution in [0.4, 0.5) is 0 Å². The maximum absolute atomic E-state index is 9.53. The number of nitrogens with one attached hydrogen (secondary N) is 1. The number of hydrogen-bond acceptors (Lipinski definition) is 3. The van der Waals surface area contributed by atoms with Crippen LogP contribution in [0.15, 0.2) is 23.1 Å². The Hall–Kier alpha value is -0.980. The average molecular weight is 288 g/mol. The van der Waals surface area contributed by atoms with Crippen LogP contribution in [-0.4, -0.2) is 17.3 Å². The molecule has 0 bridgehead atoms. The Balaban J connectivity index is 2.08. The summed E-state index contributed by atoms with van der Waals surface area (Å²) < 4.78 is 0. The standard InChI is InChI=1S/C17H24N2S/c1-4-19-17(12-18)9-5-6-15(11-17)20-16-8-7-13(2)10-14(16)3/h7-8,10,15,19H,4-6,9,11H2,1-3H3. The fraction of sp³-hybridized carbons (Fsp3) is 0.588. The summed E-state index contributed by atoms with van der Waals surface area (Å²) in [5.74, 6) is 0. The minimum atomic E-state index is -0.302. The molecule has 3 heteroatoms. The second kappa shape index (κ2) is 6.65. The van der Waals surface area contributed by atoms with E-state index in [-0.39, 0.29) is 5.54 Å². The summed E-state index contributed by atoms with van der Waals surface area (Å²) >= 11 is 1.95. The van der Waals surface area contributed by atoms with Gasteiger partial charge in [-0.1, -0.05) is 24.6 Å². The number of rotatable bonds is 4. The van der Waals surface area contributed by atoms with Crippen LogP contribution in [0.5, 0.6) is 0 Å². The highest BCUT2D eigenvalue weighted by molar-refractivity contribution is 8.00. The number of benzene rings is 1. The summed E-state index contributed by atoms with van der Waals surface area (Å²) in [6.07, 6.45) is 4.30. The third kappa shape index (κ3) is 3.56. The lowest BCUT2D eigenvalue weighted by atomic mass is 9.82. The lowest BCUT2D eigenvalue weighted by molar-refractivity contribution is 0.309. The van der Waals surface area contributed by atoms with Gasteiger partial charge in [-0.15, -0.1) is 11.8 Å². The van der Waals surface area contributed by atoms with Crippen LogP contribution >= 0.6 is 11.8 Å². The summed E-state index contributed by atoms with van der Waals surface area (Å²) in [5.41, 5.74) is 2.37. The second-order valence-electron chi connectivity index (χ2n) is 5.83. The van der Waals surface area contributed by atoms with E-state index in [4.69, 9.17) is 0 Å². The van der Waals surface area contributed by atoms with E-state index in [1.807, 2.05) is 11.8 Å². The Morgan fingerprint density at radius 2 is 2.25 bits per heavy atom. The van der Waals surface area contributed by atoms with Crippen molar-refractivity contribution < 1.29 is 0 Å². The Morgan fingerprint density at radius 3 is 2.90 bits per heavy atom. The zero-order valence-electron chi connectivity index (χ0n) is 12.7. The molecule has 0 aliphatic heterocycles. The van der Waals surface area contributed by atoms with Crippen molar-refractivity contribution in [2.24, 2.45) is 0 Å². The molecule has 2 unspecified atom stereocenters. The number of hydrogen-bond donors (Lipinski definition) is 1. The predicted octanol–water partition coefficient (Wildman–Crippen LogP) is 4.21. The number of aryl methyl sites for hydroxylation is 2. The second-order valence-corrected chi connectivity index (χ2v) is 7.17. The van der Waals surface area contributed by atoms with Gasteiger partial charge in [-0.25, -0.2) is 0 Å². The highest BCUT2D eigenvalue weighted by atomic mass is 32.2. The summed E-state index contributed by atoms with van der Waals surface area (Å²) in [5, 5.41) is 13.5. The first-order chi connectivity index (χ1) is 9.58. The normalized spacial score (nSPS) is 26.2. The van der Waals surface area contributed by atoms with E-state index in [0.717, 1.165) is 25.8 Å². The van der Waals surface area contributed by atoms with E-state index in [2.05, 4.69) is 50.4 Å². The molecular formula is C17H24N2S. The van der Waals surface area contributed by atoms with Crippen molar-refractivity contribution in [1.29, 1.82) is 5.26 Å². The van der Waals surface area contributed by atoms with Gasteiger partial charge >= 0.3 is 0 Å². The van der Waals surface area contributed by atoms with E-state index in [9.17, 15) is 5.26 Å². The Kier molecular flexibility index (Phi) is 5.12. The maximum Gasteiger partial charge on any atom is 0.107 e. The van der Waals surface area contributed by atoms with Crippen molar-refractivity contribution in [2.45, 2.75) is 62.1 Å². The Bertz CT molecular complexity index is 502. The molecule has 0 radical (unpaired) electrons. The van der Waals surface area contributed by atoms with Gasteiger partial charge in [0, 0.05) is 10.1 Å². The van der Waals surface area contributed by atoms with E-state index in [1.54, 1.807) is 0 Å². The van der Waals surface area contributed by atoms with Gasteiger partial charge in [-0.3, -0.25) is 5.32 Å². The minimum absolute atomic E-state index is 0.302. The van der Waals surface area contributed by atoms with Crippen molar-refractivity contribution in [1.82, 2.24) is 5.32 Å². The molecule has 0 saturated heterocycles. The number of thioether (sulfide) groups is 1. The first-order valence-electron chi connectivity index (χ1n) is 7.49. The molecule has 0 spiro atoms. The molecule has 1 N–H and O–H groups in total. The van der Waals surface area contributed by atoms with Crippen molar-refractivity contribution in [3.63, 3.8) is 0 Å². The molecular weight excluding hydrogens is 264 g/mol. The van der Waals surface area contributed by atoms with E-state index in [1.165, 1.54) is 22.4 Å².